The Morgan fingerprint density at radius 3 is 2.36 bits per heavy atom. The monoisotopic (exact) mass is 446 g/mol. The highest BCUT2D eigenvalue weighted by Crippen LogP contribution is 2.24. The number of nitrogens with zero attached hydrogens (tertiary/aromatic N) is 3. The molecule has 0 spiro atoms. The molecule has 28 heavy (non-hydrogen) atoms. The number of guanidine groups is 1. The maximum absolute atomic E-state index is 12.4. The molecule has 6 nitrogen and oxygen atoms in total. The van der Waals surface area contributed by atoms with E-state index in [9.17, 15) is 4.79 Å². The summed E-state index contributed by atoms with van der Waals surface area (Å²) in [5.41, 5.74) is 1.24. The molecule has 1 aliphatic rings. The first-order valence-corrected chi connectivity index (χ1v) is 10.2. The van der Waals surface area contributed by atoms with Crippen molar-refractivity contribution in [2.75, 3.05) is 39.8 Å². The molecule has 1 amide bonds. The summed E-state index contributed by atoms with van der Waals surface area (Å²) in [5.74, 6) is 1.21. The second-order valence-electron chi connectivity index (χ2n) is 7.55. The van der Waals surface area contributed by atoms with E-state index in [1.807, 2.05) is 4.90 Å². The van der Waals surface area contributed by atoms with Gasteiger partial charge in [-0.2, -0.15) is 0 Å². The summed E-state index contributed by atoms with van der Waals surface area (Å²) in [5, 5.41) is 3.51. The van der Waals surface area contributed by atoms with E-state index in [-0.39, 0.29) is 11.3 Å². The number of furan rings is 1. The molecular formula is C21H27BrN4O2. The van der Waals surface area contributed by atoms with Crippen LogP contribution in [0.5, 0.6) is 0 Å². The number of rotatable bonds is 4. The van der Waals surface area contributed by atoms with Crippen LogP contribution in [0.15, 0.2) is 56.5 Å². The SMILES string of the molecule is CN=C(NCC(C)(C)c1ccc(Br)cc1)N1CCN(C(=O)c2ccco2)CC1. The minimum Gasteiger partial charge on any atom is -0.459 e. The van der Waals surface area contributed by atoms with Crippen LogP contribution in [0.3, 0.4) is 0 Å². The lowest BCUT2D eigenvalue weighted by Gasteiger charge is -2.37. The topological polar surface area (TPSA) is 61.1 Å². The molecule has 150 valence electrons. The van der Waals surface area contributed by atoms with Crippen LogP contribution in [0.25, 0.3) is 0 Å². The van der Waals surface area contributed by atoms with E-state index in [2.05, 4.69) is 69.3 Å². The fraction of sp³-hybridized carbons (Fsp3) is 0.429. The van der Waals surface area contributed by atoms with Gasteiger partial charge in [0, 0.05) is 49.7 Å². The summed E-state index contributed by atoms with van der Waals surface area (Å²) >= 11 is 3.49. The first-order valence-electron chi connectivity index (χ1n) is 9.45. The zero-order chi connectivity index (χ0) is 20.1. The molecule has 0 unspecified atom stereocenters. The predicted octanol–water partition coefficient (Wildman–Crippen LogP) is 3.35. The van der Waals surface area contributed by atoms with Gasteiger partial charge in [-0.3, -0.25) is 9.79 Å². The third-order valence-electron chi connectivity index (χ3n) is 5.12. The molecule has 0 radical (unpaired) electrons. The van der Waals surface area contributed by atoms with Gasteiger partial charge in [0.25, 0.3) is 5.91 Å². The van der Waals surface area contributed by atoms with Gasteiger partial charge in [0.05, 0.1) is 6.26 Å². The summed E-state index contributed by atoms with van der Waals surface area (Å²) in [7, 11) is 1.80. The lowest BCUT2D eigenvalue weighted by Crippen LogP contribution is -2.54. The van der Waals surface area contributed by atoms with E-state index in [0.29, 0.717) is 18.8 Å². The van der Waals surface area contributed by atoms with Gasteiger partial charge in [0.1, 0.15) is 0 Å². The smallest absolute Gasteiger partial charge is 0.289 e. The van der Waals surface area contributed by atoms with Crippen molar-refractivity contribution in [1.29, 1.82) is 0 Å². The molecule has 1 fully saturated rings. The quantitative estimate of drug-likeness (QED) is 0.577. The van der Waals surface area contributed by atoms with Gasteiger partial charge < -0.3 is 19.5 Å². The van der Waals surface area contributed by atoms with Crippen molar-refractivity contribution < 1.29 is 9.21 Å². The largest absolute Gasteiger partial charge is 0.459 e. The number of hydrogen-bond donors (Lipinski definition) is 1. The summed E-state index contributed by atoms with van der Waals surface area (Å²) in [4.78, 5) is 20.9. The molecule has 0 aliphatic carbocycles. The minimum atomic E-state index is -0.0519. The van der Waals surface area contributed by atoms with E-state index < -0.39 is 0 Å². The van der Waals surface area contributed by atoms with Gasteiger partial charge in [0.2, 0.25) is 0 Å². The molecule has 3 rings (SSSR count). The maximum Gasteiger partial charge on any atom is 0.289 e. The molecule has 1 aliphatic heterocycles. The van der Waals surface area contributed by atoms with Crippen molar-refractivity contribution in [3.63, 3.8) is 0 Å². The molecule has 2 aromatic rings. The van der Waals surface area contributed by atoms with Crippen molar-refractivity contribution in [2.45, 2.75) is 19.3 Å². The molecular weight excluding hydrogens is 420 g/mol. The number of carbonyl (C=O) groups is 1. The third kappa shape index (κ3) is 4.76. The van der Waals surface area contributed by atoms with Crippen LogP contribution in [-0.2, 0) is 5.41 Å². The molecule has 7 heteroatoms. The molecule has 1 aromatic heterocycles. The Kier molecular flexibility index (Phi) is 6.44. The van der Waals surface area contributed by atoms with Crippen LogP contribution < -0.4 is 5.32 Å². The normalized spacial score (nSPS) is 15.6. The third-order valence-corrected chi connectivity index (χ3v) is 5.65. The van der Waals surface area contributed by atoms with Gasteiger partial charge in [-0.15, -0.1) is 0 Å². The lowest BCUT2D eigenvalue weighted by atomic mass is 9.85. The van der Waals surface area contributed by atoms with Crippen molar-refractivity contribution in [3.8, 4) is 0 Å². The van der Waals surface area contributed by atoms with Crippen LogP contribution in [-0.4, -0.2) is 61.4 Å². The van der Waals surface area contributed by atoms with E-state index >= 15 is 0 Å². The highest BCUT2D eigenvalue weighted by atomic mass is 79.9. The van der Waals surface area contributed by atoms with Gasteiger partial charge in [-0.1, -0.05) is 41.9 Å². The van der Waals surface area contributed by atoms with Crippen molar-refractivity contribution in [3.05, 3.63) is 58.5 Å². The maximum atomic E-state index is 12.4. The minimum absolute atomic E-state index is 0.0340. The van der Waals surface area contributed by atoms with E-state index in [1.54, 1.807) is 19.2 Å². The molecule has 2 heterocycles. The molecule has 0 atom stereocenters. The van der Waals surface area contributed by atoms with Gasteiger partial charge in [0.15, 0.2) is 11.7 Å². The number of piperazine rings is 1. The Morgan fingerprint density at radius 2 is 1.79 bits per heavy atom. The van der Waals surface area contributed by atoms with Crippen LogP contribution >= 0.6 is 15.9 Å². The van der Waals surface area contributed by atoms with E-state index in [1.165, 1.54) is 11.8 Å². The van der Waals surface area contributed by atoms with Gasteiger partial charge >= 0.3 is 0 Å². The molecule has 0 saturated carbocycles. The van der Waals surface area contributed by atoms with Crippen molar-refractivity contribution in [1.82, 2.24) is 15.1 Å². The van der Waals surface area contributed by atoms with E-state index in [0.717, 1.165) is 30.1 Å². The summed E-state index contributed by atoms with van der Waals surface area (Å²) < 4.78 is 6.31. The number of nitrogens with one attached hydrogen (secondary N) is 1. The molecule has 0 bridgehead atoms. The highest BCUT2D eigenvalue weighted by molar-refractivity contribution is 9.10. The summed E-state index contributed by atoms with van der Waals surface area (Å²) in [6.45, 7) is 7.99. The Hall–Kier alpha value is -2.28. The first-order chi connectivity index (χ1) is 13.4. The number of carbonyl (C=O) groups excluding carboxylic acids is 1. The van der Waals surface area contributed by atoms with Crippen molar-refractivity contribution >= 4 is 27.8 Å². The fourth-order valence-corrected chi connectivity index (χ4v) is 3.58. The summed E-state index contributed by atoms with van der Waals surface area (Å²) in [6.07, 6.45) is 1.53. The first kappa shape index (κ1) is 20.5. The second-order valence-corrected chi connectivity index (χ2v) is 8.46. The zero-order valence-electron chi connectivity index (χ0n) is 16.6. The molecule has 1 aromatic carbocycles. The standard InChI is InChI=1S/C21H27BrN4O2/c1-21(2,16-6-8-17(22)9-7-16)15-24-20(23-3)26-12-10-25(11-13-26)19(27)18-5-4-14-28-18/h4-9,14H,10-13,15H2,1-3H3,(H,23,24). The number of hydrogen-bond acceptors (Lipinski definition) is 3. The Balaban J connectivity index is 1.55. The predicted molar refractivity (Wildman–Crippen MR) is 115 cm³/mol. The number of halogens is 1. The molecule has 1 N–H and O–H groups in total. The van der Waals surface area contributed by atoms with Crippen LogP contribution in [0.2, 0.25) is 0 Å². The average Bonchev–Trinajstić information content (AvgIpc) is 3.23. The summed E-state index contributed by atoms with van der Waals surface area (Å²) in [6, 6.07) is 11.9. The van der Waals surface area contributed by atoms with Crippen LogP contribution in [0, 0.1) is 0 Å². The average molecular weight is 447 g/mol. The Labute approximate surface area is 174 Å². The van der Waals surface area contributed by atoms with Gasteiger partial charge in [-0.05, 0) is 29.8 Å². The Morgan fingerprint density at radius 1 is 1.14 bits per heavy atom. The fourth-order valence-electron chi connectivity index (χ4n) is 3.31. The highest BCUT2D eigenvalue weighted by Gasteiger charge is 2.26. The zero-order valence-corrected chi connectivity index (χ0v) is 18.2. The van der Waals surface area contributed by atoms with Gasteiger partial charge in [-0.25, -0.2) is 0 Å². The van der Waals surface area contributed by atoms with E-state index in [4.69, 9.17) is 4.42 Å². The van der Waals surface area contributed by atoms with Crippen molar-refractivity contribution in [2.24, 2.45) is 4.99 Å². The Bertz CT molecular complexity index is 807. The second kappa shape index (κ2) is 8.82. The van der Waals surface area contributed by atoms with Crippen LogP contribution in [0.4, 0.5) is 0 Å². The molecule has 1 saturated heterocycles. The van der Waals surface area contributed by atoms with Crippen LogP contribution in [0.1, 0.15) is 30.0 Å². The number of amides is 1. The number of benzene rings is 1. The number of aliphatic imine (C=N–C) groups is 1. The lowest BCUT2D eigenvalue weighted by molar-refractivity contribution is 0.0657.